The first-order chi connectivity index (χ1) is 14.2. The van der Waals surface area contributed by atoms with Crippen LogP contribution >= 0.6 is 12.6 Å². The van der Waals surface area contributed by atoms with Gasteiger partial charge in [-0.25, -0.2) is 15.0 Å². The smallest absolute Gasteiger partial charge is 0.159 e. The van der Waals surface area contributed by atoms with E-state index in [-0.39, 0.29) is 5.94 Å². The van der Waals surface area contributed by atoms with Gasteiger partial charge in [-0.3, -0.25) is 0 Å². The number of nitrogens with zero attached hydrogens (tertiary/aromatic N) is 5. The van der Waals surface area contributed by atoms with E-state index >= 15 is 0 Å². The van der Waals surface area contributed by atoms with Crippen molar-refractivity contribution in [1.82, 2.24) is 24.1 Å². The molecule has 144 valence electrons. The quantitative estimate of drug-likeness (QED) is 0.357. The SMILES string of the molecule is Cn1c(-c2cc(OCS)cc(-c3nc4ccccc4n3C)n2)nc2ccccc21. The van der Waals surface area contributed by atoms with Gasteiger partial charge in [-0.15, -0.1) is 12.6 Å². The molecular formula is C22H19N5OS. The molecule has 0 saturated carbocycles. The molecule has 0 spiro atoms. The highest BCUT2D eigenvalue weighted by Crippen LogP contribution is 2.30. The van der Waals surface area contributed by atoms with Crippen molar-refractivity contribution in [2.24, 2.45) is 14.1 Å². The number of aromatic nitrogens is 5. The van der Waals surface area contributed by atoms with Crippen molar-refractivity contribution in [3.05, 3.63) is 60.7 Å². The molecular weight excluding hydrogens is 382 g/mol. The molecule has 2 aromatic carbocycles. The number of pyridine rings is 1. The van der Waals surface area contributed by atoms with E-state index in [0.717, 1.165) is 45.1 Å². The first-order valence-corrected chi connectivity index (χ1v) is 9.88. The molecule has 5 rings (SSSR count). The zero-order valence-electron chi connectivity index (χ0n) is 16.1. The molecule has 0 aliphatic rings. The van der Waals surface area contributed by atoms with E-state index in [1.54, 1.807) is 0 Å². The van der Waals surface area contributed by atoms with E-state index in [1.807, 2.05) is 83.9 Å². The lowest BCUT2D eigenvalue weighted by Gasteiger charge is -2.10. The average molecular weight is 401 g/mol. The molecule has 0 amide bonds. The minimum Gasteiger partial charge on any atom is -0.483 e. The van der Waals surface area contributed by atoms with Crippen molar-refractivity contribution >= 4 is 34.7 Å². The first kappa shape index (κ1) is 17.8. The Bertz CT molecular complexity index is 1260. The van der Waals surface area contributed by atoms with Crippen molar-refractivity contribution in [2.45, 2.75) is 0 Å². The zero-order valence-corrected chi connectivity index (χ0v) is 17.0. The number of aryl methyl sites for hydroxylation is 2. The second-order valence-corrected chi connectivity index (χ2v) is 7.07. The van der Waals surface area contributed by atoms with Gasteiger partial charge in [0, 0.05) is 26.2 Å². The number of benzene rings is 2. The van der Waals surface area contributed by atoms with Crippen LogP contribution in [0.15, 0.2) is 60.7 Å². The summed E-state index contributed by atoms with van der Waals surface area (Å²) in [4.78, 5) is 14.5. The van der Waals surface area contributed by atoms with Crippen molar-refractivity contribution in [3.8, 4) is 28.8 Å². The number of imidazole rings is 2. The minimum atomic E-state index is 0.272. The van der Waals surface area contributed by atoms with Crippen LogP contribution in [-0.4, -0.2) is 30.0 Å². The average Bonchev–Trinajstić information content (AvgIpc) is 3.26. The summed E-state index contributed by atoms with van der Waals surface area (Å²) < 4.78 is 9.79. The standard InChI is InChI=1S/C22H19N5OS/c1-26-19-9-5-3-7-15(19)24-21(26)17-11-14(28-13-29)12-18(23-17)22-25-16-8-4-6-10-20(16)27(22)2/h3-12,29H,13H2,1-2H3. The molecule has 0 unspecified atom stereocenters. The van der Waals surface area contributed by atoms with Crippen LogP contribution < -0.4 is 4.74 Å². The van der Waals surface area contributed by atoms with Crippen molar-refractivity contribution in [1.29, 1.82) is 0 Å². The molecule has 0 N–H and O–H groups in total. The van der Waals surface area contributed by atoms with Gasteiger partial charge in [-0.1, -0.05) is 24.3 Å². The summed E-state index contributed by atoms with van der Waals surface area (Å²) >= 11 is 4.21. The van der Waals surface area contributed by atoms with Gasteiger partial charge in [-0.05, 0) is 24.3 Å². The van der Waals surface area contributed by atoms with Crippen LogP contribution in [0, 0.1) is 0 Å². The Morgan fingerprint density at radius 3 is 1.69 bits per heavy atom. The van der Waals surface area contributed by atoms with Crippen LogP contribution in [0.5, 0.6) is 5.75 Å². The largest absolute Gasteiger partial charge is 0.483 e. The van der Waals surface area contributed by atoms with Crippen molar-refractivity contribution < 1.29 is 4.74 Å². The maximum atomic E-state index is 5.71. The molecule has 5 aromatic rings. The first-order valence-electron chi connectivity index (χ1n) is 9.25. The Hall–Kier alpha value is -3.32. The van der Waals surface area contributed by atoms with Crippen LogP contribution in [0.3, 0.4) is 0 Å². The molecule has 0 radical (unpaired) electrons. The topological polar surface area (TPSA) is 57.8 Å². The molecule has 6 nitrogen and oxygen atoms in total. The van der Waals surface area contributed by atoms with Crippen molar-refractivity contribution in [3.63, 3.8) is 0 Å². The summed E-state index contributed by atoms with van der Waals surface area (Å²) in [6, 6.07) is 19.9. The number of fused-ring (bicyclic) bond motifs is 2. The number of thiol groups is 1. The second-order valence-electron chi connectivity index (χ2n) is 6.81. The van der Waals surface area contributed by atoms with E-state index in [1.165, 1.54) is 0 Å². The fraction of sp³-hybridized carbons (Fsp3) is 0.136. The zero-order chi connectivity index (χ0) is 20.0. The Kier molecular flexibility index (Phi) is 4.24. The summed E-state index contributed by atoms with van der Waals surface area (Å²) in [6.07, 6.45) is 0. The lowest BCUT2D eigenvalue weighted by atomic mass is 10.2. The van der Waals surface area contributed by atoms with Gasteiger partial charge in [-0.2, -0.15) is 0 Å². The molecule has 3 aromatic heterocycles. The van der Waals surface area contributed by atoms with Crippen LogP contribution in [0.2, 0.25) is 0 Å². The lowest BCUT2D eigenvalue weighted by molar-refractivity contribution is 0.394. The van der Waals surface area contributed by atoms with Gasteiger partial charge >= 0.3 is 0 Å². The third-order valence-corrected chi connectivity index (χ3v) is 5.19. The van der Waals surface area contributed by atoms with Gasteiger partial charge in [0.2, 0.25) is 0 Å². The highest BCUT2D eigenvalue weighted by Gasteiger charge is 2.17. The van der Waals surface area contributed by atoms with Crippen LogP contribution in [0.25, 0.3) is 45.1 Å². The normalized spacial score (nSPS) is 11.4. The molecule has 0 saturated heterocycles. The fourth-order valence-electron chi connectivity index (χ4n) is 3.64. The Labute approximate surface area is 173 Å². The fourth-order valence-corrected chi connectivity index (χ4v) is 3.79. The van der Waals surface area contributed by atoms with Crippen molar-refractivity contribution in [2.75, 3.05) is 5.94 Å². The van der Waals surface area contributed by atoms with E-state index in [4.69, 9.17) is 19.7 Å². The second kappa shape index (κ2) is 6.93. The summed E-state index contributed by atoms with van der Waals surface area (Å²) in [5.41, 5.74) is 5.41. The number of ether oxygens (including phenoxy) is 1. The number of hydrogen-bond acceptors (Lipinski definition) is 5. The highest BCUT2D eigenvalue weighted by atomic mass is 32.1. The van der Waals surface area contributed by atoms with E-state index < -0.39 is 0 Å². The Balaban J connectivity index is 1.73. The summed E-state index contributed by atoms with van der Waals surface area (Å²) in [6.45, 7) is 0. The van der Waals surface area contributed by atoms with Crippen LogP contribution in [-0.2, 0) is 14.1 Å². The van der Waals surface area contributed by atoms with E-state index in [2.05, 4.69) is 12.6 Å². The molecule has 3 heterocycles. The summed E-state index contributed by atoms with van der Waals surface area (Å²) in [7, 11) is 3.99. The molecule has 0 fully saturated rings. The van der Waals surface area contributed by atoms with Crippen LogP contribution in [0.1, 0.15) is 0 Å². The summed E-state index contributed by atoms with van der Waals surface area (Å²) in [5, 5.41) is 0. The maximum absolute atomic E-state index is 5.71. The van der Waals surface area contributed by atoms with Gasteiger partial charge in [0.05, 0.1) is 22.1 Å². The summed E-state index contributed by atoms with van der Waals surface area (Å²) in [5.74, 6) is 2.50. The van der Waals surface area contributed by atoms with Gasteiger partial charge in [0.1, 0.15) is 23.1 Å². The molecule has 0 aliphatic heterocycles. The minimum absolute atomic E-state index is 0.272. The molecule has 7 heteroatoms. The van der Waals surface area contributed by atoms with E-state index in [9.17, 15) is 0 Å². The third kappa shape index (κ3) is 2.94. The number of para-hydroxylation sites is 4. The molecule has 0 aliphatic carbocycles. The Morgan fingerprint density at radius 2 is 1.24 bits per heavy atom. The molecule has 0 atom stereocenters. The third-order valence-electron chi connectivity index (χ3n) is 5.06. The van der Waals surface area contributed by atoms with E-state index in [0.29, 0.717) is 5.75 Å². The predicted octanol–water partition coefficient (Wildman–Crippen LogP) is 4.46. The highest BCUT2D eigenvalue weighted by molar-refractivity contribution is 7.80. The number of rotatable bonds is 4. The van der Waals surface area contributed by atoms with Gasteiger partial charge < -0.3 is 13.9 Å². The predicted molar refractivity (Wildman–Crippen MR) is 118 cm³/mol. The van der Waals surface area contributed by atoms with Gasteiger partial charge in [0.15, 0.2) is 11.6 Å². The monoisotopic (exact) mass is 401 g/mol. The molecule has 0 bridgehead atoms. The lowest BCUT2D eigenvalue weighted by Crippen LogP contribution is -2.01. The maximum Gasteiger partial charge on any atom is 0.159 e. The van der Waals surface area contributed by atoms with Gasteiger partial charge in [0.25, 0.3) is 0 Å². The molecule has 29 heavy (non-hydrogen) atoms. The Morgan fingerprint density at radius 1 is 0.759 bits per heavy atom. The van der Waals surface area contributed by atoms with Crippen LogP contribution in [0.4, 0.5) is 0 Å². The number of hydrogen-bond donors (Lipinski definition) is 1.